The maximum Gasteiger partial charge on any atom is 0.175 e. The Balaban J connectivity index is 1.47. The standard InChI is InChI=1S/C28H23BrFNO3/c1-2-32-27-17-20(16-25(29)28(27)33-19-21-8-6-7-11-26(21)30)18-31-22-12-14-24(15-13-22)34-23-9-4-3-5-10-23/h3-18H,2,19H2,1H3. The molecule has 0 spiro atoms. The lowest BCUT2D eigenvalue weighted by Gasteiger charge is -2.15. The second kappa shape index (κ2) is 11.5. The first-order chi connectivity index (χ1) is 16.6. The number of aliphatic imine (C=N–C) groups is 1. The van der Waals surface area contributed by atoms with Gasteiger partial charge >= 0.3 is 0 Å². The molecule has 0 bridgehead atoms. The lowest BCUT2D eigenvalue weighted by atomic mass is 10.2. The van der Waals surface area contributed by atoms with Crippen LogP contribution in [0.15, 0.2) is 100 Å². The number of hydrogen-bond acceptors (Lipinski definition) is 4. The quantitative estimate of drug-likeness (QED) is 0.209. The number of para-hydroxylation sites is 1. The van der Waals surface area contributed by atoms with Gasteiger partial charge < -0.3 is 14.2 Å². The van der Waals surface area contributed by atoms with E-state index in [0.29, 0.717) is 28.1 Å². The Hall–Kier alpha value is -3.64. The smallest absolute Gasteiger partial charge is 0.175 e. The van der Waals surface area contributed by atoms with Crippen LogP contribution in [-0.4, -0.2) is 12.8 Å². The predicted molar refractivity (Wildman–Crippen MR) is 136 cm³/mol. The van der Waals surface area contributed by atoms with Gasteiger partial charge in [0, 0.05) is 11.8 Å². The Kier molecular flexibility index (Phi) is 7.94. The molecule has 0 aromatic heterocycles. The highest BCUT2D eigenvalue weighted by atomic mass is 79.9. The topological polar surface area (TPSA) is 40.0 Å². The van der Waals surface area contributed by atoms with Crippen LogP contribution in [0, 0.1) is 5.82 Å². The van der Waals surface area contributed by atoms with E-state index in [2.05, 4.69) is 20.9 Å². The number of nitrogens with zero attached hydrogens (tertiary/aromatic N) is 1. The number of benzene rings is 4. The Labute approximate surface area is 206 Å². The van der Waals surface area contributed by atoms with E-state index in [1.54, 1.807) is 24.4 Å². The summed E-state index contributed by atoms with van der Waals surface area (Å²) in [5.41, 5.74) is 2.09. The fourth-order valence-corrected chi connectivity index (χ4v) is 3.78. The zero-order chi connectivity index (χ0) is 23.8. The van der Waals surface area contributed by atoms with Crippen molar-refractivity contribution in [1.29, 1.82) is 0 Å². The van der Waals surface area contributed by atoms with Crippen LogP contribution in [-0.2, 0) is 6.61 Å². The van der Waals surface area contributed by atoms with Crippen LogP contribution in [0.1, 0.15) is 18.1 Å². The van der Waals surface area contributed by atoms with Gasteiger partial charge in [0.1, 0.15) is 23.9 Å². The van der Waals surface area contributed by atoms with Crippen molar-refractivity contribution < 1.29 is 18.6 Å². The average Bonchev–Trinajstić information content (AvgIpc) is 2.85. The van der Waals surface area contributed by atoms with Crippen molar-refractivity contribution in [2.75, 3.05) is 6.61 Å². The third kappa shape index (κ3) is 6.23. The van der Waals surface area contributed by atoms with Gasteiger partial charge in [-0.3, -0.25) is 4.99 Å². The minimum absolute atomic E-state index is 0.0934. The van der Waals surface area contributed by atoms with Crippen LogP contribution >= 0.6 is 15.9 Å². The molecule has 0 N–H and O–H groups in total. The SMILES string of the molecule is CCOc1cc(C=Nc2ccc(Oc3ccccc3)cc2)cc(Br)c1OCc1ccccc1F. The molecule has 0 amide bonds. The molecule has 0 unspecified atom stereocenters. The van der Waals surface area contributed by atoms with Gasteiger partial charge in [-0.15, -0.1) is 0 Å². The largest absolute Gasteiger partial charge is 0.490 e. The molecule has 0 radical (unpaired) electrons. The predicted octanol–water partition coefficient (Wildman–Crippen LogP) is 8.11. The van der Waals surface area contributed by atoms with Crippen LogP contribution in [0.3, 0.4) is 0 Å². The Morgan fingerprint density at radius 2 is 1.56 bits per heavy atom. The first-order valence-corrected chi connectivity index (χ1v) is 11.6. The molecule has 0 aliphatic carbocycles. The fourth-order valence-electron chi connectivity index (χ4n) is 3.20. The molecule has 172 valence electrons. The number of ether oxygens (including phenoxy) is 3. The normalized spacial score (nSPS) is 10.9. The van der Waals surface area contributed by atoms with Crippen LogP contribution in [0.25, 0.3) is 0 Å². The lowest BCUT2D eigenvalue weighted by Crippen LogP contribution is -2.02. The van der Waals surface area contributed by atoms with Crippen molar-refractivity contribution >= 4 is 27.8 Å². The van der Waals surface area contributed by atoms with Gasteiger partial charge in [0.05, 0.1) is 16.8 Å². The molecule has 6 heteroatoms. The molecule has 4 rings (SSSR count). The van der Waals surface area contributed by atoms with E-state index in [1.807, 2.05) is 73.7 Å². The zero-order valence-corrected chi connectivity index (χ0v) is 20.2. The van der Waals surface area contributed by atoms with Crippen molar-refractivity contribution in [1.82, 2.24) is 0 Å². The lowest BCUT2D eigenvalue weighted by molar-refractivity contribution is 0.264. The van der Waals surface area contributed by atoms with E-state index >= 15 is 0 Å². The first kappa shape index (κ1) is 23.5. The second-order valence-corrected chi connectivity index (χ2v) is 8.16. The number of halogens is 2. The molecule has 0 atom stereocenters. The van der Waals surface area contributed by atoms with E-state index in [9.17, 15) is 4.39 Å². The van der Waals surface area contributed by atoms with Gasteiger partial charge in [0.25, 0.3) is 0 Å². The van der Waals surface area contributed by atoms with E-state index in [1.165, 1.54) is 6.07 Å². The molecule has 0 saturated heterocycles. The van der Waals surface area contributed by atoms with E-state index in [0.717, 1.165) is 22.7 Å². The third-order valence-electron chi connectivity index (χ3n) is 4.84. The summed E-state index contributed by atoms with van der Waals surface area (Å²) in [5, 5.41) is 0. The molecule has 4 aromatic rings. The summed E-state index contributed by atoms with van der Waals surface area (Å²) in [7, 11) is 0. The molecular formula is C28H23BrFNO3. The summed E-state index contributed by atoms with van der Waals surface area (Å²) in [6.45, 7) is 2.45. The average molecular weight is 520 g/mol. The van der Waals surface area contributed by atoms with E-state index in [-0.39, 0.29) is 12.4 Å². The molecule has 0 aliphatic heterocycles. The van der Waals surface area contributed by atoms with Crippen molar-refractivity contribution in [3.8, 4) is 23.0 Å². The summed E-state index contributed by atoms with van der Waals surface area (Å²) in [6.07, 6.45) is 1.75. The number of hydrogen-bond donors (Lipinski definition) is 0. The highest BCUT2D eigenvalue weighted by Gasteiger charge is 2.13. The fraction of sp³-hybridized carbons (Fsp3) is 0.107. The zero-order valence-electron chi connectivity index (χ0n) is 18.6. The van der Waals surface area contributed by atoms with Crippen molar-refractivity contribution in [3.63, 3.8) is 0 Å². The van der Waals surface area contributed by atoms with Crippen LogP contribution < -0.4 is 14.2 Å². The molecule has 0 heterocycles. The van der Waals surface area contributed by atoms with E-state index in [4.69, 9.17) is 14.2 Å². The summed E-state index contributed by atoms with van der Waals surface area (Å²) in [4.78, 5) is 4.55. The van der Waals surface area contributed by atoms with Gasteiger partial charge in [0.15, 0.2) is 11.5 Å². The monoisotopic (exact) mass is 519 g/mol. The third-order valence-corrected chi connectivity index (χ3v) is 5.43. The molecule has 34 heavy (non-hydrogen) atoms. The van der Waals surface area contributed by atoms with Crippen molar-refractivity contribution in [3.05, 3.63) is 112 Å². The minimum atomic E-state index is -0.305. The molecule has 4 aromatic carbocycles. The molecule has 0 saturated carbocycles. The summed E-state index contributed by atoms with van der Waals surface area (Å²) < 4.78 is 32.1. The molecular weight excluding hydrogens is 497 g/mol. The van der Waals surface area contributed by atoms with Crippen LogP contribution in [0.4, 0.5) is 10.1 Å². The van der Waals surface area contributed by atoms with Gasteiger partial charge in [-0.25, -0.2) is 4.39 Å². The molecule has 4 nitrogen and oxygen atoms in total. The van der Waals surface area contributed by atoms with Crippen molar-refractivity contribution in [2.45, 2.75) is 13.5 Å². The summed E-state index contributed by atoms with van der Waals surface area (Å²) >= 11 is 3.55. The number of rotatable bonds is 9. The maximum absolute atomic E-state index is 14.0. The van der Waals surface area contributed by atoms with Gasteiger partial charge in [-0.2, -0.15) is 0 Å². The summed E-state index contributed by atoms with van der Waals surface area (Å²) in [5.74, 6) is 2.29. The van der Waals surface area contributed by atoms with Crippen molar-refractivity contribution in [2.24, 2.45) is 4.99 Å². The Bertz CT molecular complexity index is 1260. The van der Waals surface area contributed by atoms with E-state index < -0.39 is 0 Å². The summed E-state index contributed by atoms with van der Waals surface area (Å²) in [6, 6.07) is 27.4. The first-order valence-electron chi connectivity index (χ1n) is 10.8. The minimum Gasteiger partial charge on any atom is -0.490 e. The second-order valence-electron chi connectivity index (χ2n) is 7.31. The van der Waals surface area contributed by atoms with Gasteiger partial charge in [-0.1, -0.05) is 36.4 Å². The van der Waals surface area contributed by atoms with Gasteiger partial charge in [0.2, 0.25) is 0 Å². The Morgan fingerprint density at radius 3 is 2.29 bits per heavy atom. The highest BCUT2D eigenvalue weighted by molar-refractivity contribution is 9.10. The van der Waals surface area contributed by atoms with Crippen LogP contribution in [0.2, 0.25) is 0 Å². The Morgan fingerprint density at radius 1 is 0.853 bits per heavy atom. The van der Waals surface area contributed by atoms with Gasteiger partial charge in [-0.05, 0) is 83.0 Å². The molecule has 0 fully saturated rings. The molecule has 0 aliphatic rings. The highest BCUT2D eigenvalue weighted by Crippen LogP contribution is 2.37. The van der Waals surface area contributed by atoms with Crippen LogP contribution in [0.5, 0.6) is 23.0 Å². The maximum atomic E-state index is 14.0.